The third kappa shape index (κ3) is 4.65. The summed E-state index contributed by atoms with van der Waals surface area (Å²) in [5.41, 5.74) is 3.28. The number of carbonyl (C=O) groups is 1. The highest BCUT2D eigenvalue weighted by molar-refractivity contribution is 7.94. The number of aromatic carboxylic acids is 1. The highest BCUT2D eigenvalue weighted by Gasteiger charge is 2.23. The Morgan fingerprint density at radius 3 is 2.47 bits per heavy atom. The lowest BCUT2D eigenvalue weighted by molar-refractivity contribution is 0.0697. The van der Waals surface area contributed by atoms with Gasteiger partial charge in [-0.3, -0.25) is 4.72 Å². The van der Waals surface area contributed by atoms with Gasteiger partial charge in [-0.05, 0) is 78.2 Å². The van der Waals surface area contributed by atoms with E-state index in [0.29, 0.717) is 29.1 Å². The Balaban J connectivity index is 1.57. The highest BCUT2D eigenvalue weighted by atomic mass is 35.5. The lowest BCUT2D eigenvalue weighted by Gasteiger charge is -2.12. The second-order valence-electron chi connectivity index (χ2n) is 7.42. The van der Waals surface area contributed by atoms with Crippen LogP contribution in [0.25, 0.3) is 10.1 Å². The summed E-state index contributed by atoms with van der Waals surface area (Å²) in [6, 6.07) is 19.4. The monoisotopic (exact) mass is 485 g/mol. The smallest absolute Gasteiger partial charge is 0.335 e. The minimum absolute atomic E-state index is 0.238. The zero-order chi connectivity index (χ0) is 22.9. The Bertz CT molecular complexity index is 1410. The van der Waals surface area contributed by atoms with Crippen molar-refractivity contribution in [2.24, 2.45) is 0 Å². The first-order chi connectivity index (χ1) is 15.2. The molecule has 3 aromatic carbocycles. The van der Waals surface area contributed by atoms with Crippen LogP contribution in [0.2, 0.25) is 5.02 Å². The zero-order valence-corrected chi connectivity index (χ0v) is 19.5. The van der Waals surface area contributed by atoms with E-state index in [-0.39, 0.29) is 9.77 Å². The van der Waals surface area contributed by atoms with E-state index in [1.165, 1.54) is 11.3 Å². The topological polar surface area (TPSA) is 83.5 Å². The second-order valence-corrected chi connectivity index (χ2v) is 10.8. The van der Waals surface area contributed by atoms with E-state index in [9.17, 15) is 13.2 Å². The molecule has 0 spiro atoms. The molecule has 32 heavy (non-hydrogen) atoms. The summed E-state index contributed by atoms with van der Waals surface area (Å²) >= 11 is 7.31. The van der Waals surface area contributed by atoms with Gasteiger partial charge in [0, 0.05) is 9.72 Å². The van der Waals surface area contributed by atoms with Gasteiger partial charge in [-0.25, -0.2) is 13.2 Å². The van der Waals surface area contributed by atoms with Gasteiger partial charge in [0.15, 0.2) is 0 Å². The number of rotatable bonds is 7. The molecule has 0 atom stereocenters. The van der Waals surface area contributed by atoms with Crippen molar-refractivity contribution in [2.75, 3.05) is 4.72 Å². The molecule has 0 fully saturated rings. The number of halogens is 1. The van der Waals surface area contributed by atoms with Crippen LogP contribution in [0.3, 0.4) is 0 Å². The molecule has 0 aliphatic rings. The first-order valence-electron chi connectivity index (χ1n) is 9.86. The molecule has 0 saturated heterocycles. The molecular formula is C24H20ClNO4S2. The molecule has 0 saturated carbocycles. The molecule has 0 unspecified atom stereocenters. The number of carboxylic acid groups (broad SMARTS) is 1. The normalized spacial score (nSPS) is 11.6. The number of sulfonamides is 1. The molecule has 1 aromatic heterocycles. The molecule has 2 N–H and O–H groups in total. The number of carboxylic acids is 1. The van der Waals surface area contributed by atoms with Gasteiger partial charge in [0.05, 0.1) is 11.3 Å². The van der Waals surface area contributed by atoms with E-state index in [0.717, 1.165) is 21.2 Å². The Hall–Kier alpha value is -2.87. The summed E-state index contributed by atoms with van der Waals surface area (Å²) in [6.45, 7) is 1.79. The molecule has 5 nitrogen and oxygen atoms in total. The maximum absolute atomic E-state index is 13.2. The van der Waals surface area contributed by atoms with Gasteiger partial charge in [0.1, 0.15) is 4.21 Å². The van der Waals surface area contributed by atoms with Gasteiger partial charge in [-0.2, -0.15) is 0 Å². The van der Waals surface area contributed by atoms with E-state index in [4.69, 9.17) is 16.7 Å². The zero-order valence-electron chi connectivity index (χ0n) is 17.1. The van der Waals surface area contributed by atoms with Crippen LogP contribution in [0.1, 0.15) is 27.0 Å². The average molecular weight is 486 g/mol. The number of para-hydroxylation sites is 1. The van der Waals surface area contributed by atoms with Crippen LogP contribution in [-0.4, -0.2) is 19.5 Å². The molecule has 4 aromatic rings. The van der Waals surface area contributed by atoms with Crippen LogP contribution >= 0.6 is 22.9 Å². The van der Waals surface area contributed by atoms with Gasteiger partial charge < -0.3 is 5.11 Å². The molecule has 8 heteroatoms. The molecule has 0 radical (unpaired) electrons. The fraction of sp³-hybridized carbons (Fsp3) is 0.125. The number of hydrogen-bond donors (Lipinski definition) is 2. The van der Waals surface area contributed by atoms with Crippen molar-refractivity contribution in [3.8, 4) is 0 Å². The van der Waals surface area contributed by atoms with Gasteiger partial charge in [0.2, 0.25) is 0 Å². The maximum Gasteiger partial charge on any atom is 0.335 e. The number of hydrogen-bond acceptors (Lipinski definition) is 4. The highest BCUT2D eigenvalue weighted by Crippen LogP contribution is 2.36. The molecule has 1 heterocycles. The minimum Gasteiger partial charge on any atom is -0.478 e. The fourth-order valence-electron chi connectivity index (χ4n) is 3.55. The van der Waals surface area contributed by atoms with E-state index in [1.54, 1.807) is 55.5 Å². The Morgan fingerprint density at radius 2 is 1.75 bits per heavy atom. The molecule has 0 aliphatic carbocycles. The van der Waals surface area contributed by atoms with Crippen molar-refractivity contribution < 1.29 is 18.3 Å². The molecule has 0 amide bonds. The standard InChI is InChI=1S/C24H20ClNO4S2/c1-15-20-14-19(25)12-13-22(20)31-24(15)32(29,30)26-21-5-3-2-4-17(21)9-6-16-7-10-18(11-8-16)23(27)28/h2-5,7-8,10-14,26H,6,9H2,1H3,(H,27,28). The van der Waals surface area contributed by atoms with Crippen molar-refractivity contribution in [1.82, 2.24) is 0 Å². The Kier molecular flexibility index (Phi) is 6.24. The van der Waals surface area contributed by atoms with Crippen LogP contribution in [0.15, 0.2) is 70.9 Å². The van der Waals surface area contributed by atoms with Crippen LogP contribution < -0.4 is 4.72 Å². The van der Waals surface area contributed by atoms with Crippen molar-refractivity contribution in [2.45, 2.75) is 24.0 Å². The van der Waals surface area contributed by atoms with Crippen LogP contribution in [0, 0.1) is 6.92 Å². The molecule has 0 aliphatic heterocycles. The van der Waals surface area contributed by atoms with Gasteiger partial charge in [-0.15, -0.1) is 11.3 Å². The van der Waals surface area contributed by atoms with Crippen molar-refractivity contribution in [3.05, 3.63) is 94.0 Å². The van der Waals surface area contributed by atoms with Gasteiger partial charge in [0.25, 0.3) is 10.0 Å². The average Bonchev–Trinajstić information content (AvgIpc) is 3.10. The first kappa shape index (κ1) is 22.3. The van der Waals surface area contributed by atoms with Crippen LogP contribution in [0.4, 0.5) is 5.69 Å². The summed E-state index contributed by atoms with van der Waals surface area (Å²) < 4.78 is 30.3. The van der Waals surface area contributed by atoms with E-state index in [2.05, 4.69) is 4.72 Å². The summed E-state index contributed by atoms with van der Waals surface area (Å²) in [4.78, 5) is 11.0. The van der Waals surface area contributed by atoms with E-state index < -0.39 is 16.0 Å². The third-order valence-corrected chi connectivity index (χ3v) is 8.74. The summed E-state index contributed by atoms with van der Waals surface area (Å²) in [7, 11) is -3.78. The van der Waals surface area contributed by atoms with Crippen molar-refractivity contribution >= 4 is 54.7 Å². The number of thiophene rings is 1. The Labute approximate surface area is 195 Å². The van der Waals surface area contributed by atoms with Crippen LogP contribution in [0.5, 0.6) is 0 Å². The minimum atomic E-state index is -3.78. The lowest BCUT2D eigenvalue weighted by Crippen LogP contribution is -2.14. The quantitative estimate of drug-likeness (QED) is 0.329. The van der Waals surface area contributed by atoms with Crippen molar-refractivity contribution in [3.63, 3.8) is 0 Å². The molecule has 164 valence electrons. The predicted octanol–water partition coefficient (Wildman–Crippen LogP) is 6.15. The maximum atomic E-state index is 13.2. The fourth-order valence-corrected chi connectivity index (χ4v) is 6.57. The number of fused-ring (bicyclic) bond motifs is 1. The SMILES string of the molecule is Cc1c(S(=O)(=O)Nc2ccccc2CCc2ccc(C(=O)O)cc2)sc2ccc(Cl)cc12. The summed E-state index contributed by atoms with van der Waals surface area (Å²) in [6.07, 6.45) is 1.26. The molecule has 0 bridgehead atoms. The Morgan fingerprint density at radius 1 is 1.03 bits per heavy atom. The van der Waals surface area contributed by atoms with Gasteiger partial charge in [-0.1, -0.05) is 41.9 Å². The first-order valence-corrected chi connectivity index (χ1v) is 12.5. The largest absolute Gasteiger partial charge is 0.478 e. The number of benzene rings is 3. The molecule has 4 rings (SSSR count). The summed E-state index contributed by atoms with van der Waals surface area (Å²) in [5.74, 6) is -0.963. The molecular weight excluding hydrogens is 466 g/mol. The second kappa shape index (κ2) is 8.94. The lowest BCUT2D eigenvalue weighted by atomic mass is 10.0. The van der Waals surface area contributed by atoms with Gasteiger partial charge >= 0.3 is 5.97 Å². The number of aryl methyl sites for hydroxylation is 3. The van der Waals surface area contributed by atoms with E-state index >= 15 is 0 Å². The summed E-state index contributed by atoms with van der Waals surface area (Å²) in [5, 5.41) is 10.4. The van der Waals surface area contributed by atoms with Crippen LogP contribution in [-0.2, 0) is 22.9 Å². The third-order valence-electron chi connectivity index (χ3n) is 5.24. The number of anilines is 1. The predicted molar refractivity (Wildman–Crippen MR) is 130 cm³/mol. The van der Waals surface area contributed by atoms with Crippen molar-refractivity contribution in [1.29, 1.82) is 0 Å². The van der Waals surface area contributed by atoms with E-state index in [1.807, 2.05) is 18.2 Å². The number of nitrogens with one attached hydrogen (secondary N) is 1.